The Hall–Kier alpha value is -2.46. The van der Waals surface area contributed by atoms with Crippen molar-refractivity contribution in [3.63, 3.8) is 0 Å². The lowest BCUT2D eigenvalue weighted by molar-refractivity contribution is 0.0940. The molecule has 0 fully saturated rings. The number of nitrogens with one attached hydrogen (secondary N) is 1. The first kappa shape index (κ1) is 19.3. The highest BCUT2D eigenvalue weighted by Crippen LogP contribution is 2.30. The maximum Gasteiger partial charge on any atom is 0.267 e. The maximum absolute atomic E-state index is 12.9. The van der Waals surface area contributed by atoms with Crippen molar-refractivity contribution in [3.8, 4) is 5.75 Å². The molecule has 0 saturated carbocycles. The summed E-state index contributed by atoms with van der Waals surface area (Å²) in [5.41, 5.74) is 2.53. The Balaban J connectivity index is 2.09. The molecule has 0 aliphatic carbocycles. The van der Waals surface area contributed by atoms with Crippen LogP contribution in [0.2, 0.25) is 5.02 Å². The fraction of sp³-hybridized carbons (Fsp3) is 0.318. The predicted molar refractivity (Wildman–Crippen MR) is 111 cm³/mol. The molecule has 0 unspecified atom stereocenters. The number of hydrogen-bond donors (Lipinski definition) is 1. The Labute approximate surface area is 165 Å². The summed E-state index contributed by atoms with van der Waals surface area (Å²) < 4.78 is 7.78. The highest BCUT2D eigenvalue weighted by atomic mass is 35.5. The lowest BCUT2D eigenvalue weighted by Gasteiger charge is -2.13. The Bertz CT molecular complexity index is 947. The van der Waals surface area contributed by atoms with E-state index in [9.17, 15) is 4.79 Å². The summed E-state index contributed by atoms with van der Waals surface area (Å²) in [5.74, 6) is 1.08. The first-order valence-corrected chi connectivity index (χ1v) is 9.65. The number of amides is 1. The fourth-order valence-electron chi connectivity index (χ4n) is 3.08. The van der Waals surface area contributed by atoms with E-state index in [1.54, 1.807) is 0 Å². The average molecular weight is 385 g/mol. The highest BCUT2D eigenvalue weighted by molar-refractivity contribution is 6.31. The molecule has 0 aliphatic heterocycles. The van der Waals surface area contributed by atoms with Crippen LogP contribution in [0.3, 0.4) is 0 Å². The second-order valence-corrected chi connectivity index (χ2v) is 7.34. The standard InChI is InChI=1S/C22H25ClN2O2/c1-4-27-21-11-7-10-19-17(21)12-20(22(26)24-13-15(2)3)25(19)14-16-8-5-6-9-18(16)23/h5-12,15H,4,13-14H2,1-3H3,(H,24,26). The lowest BCUT2D eigenvalue weighted by Crippen LogP contribution is -2.29. The van der Waals surface area contributed by atoms with Crippen LogP contribution in [-0.4, -0.2) is 23.6 Å². The van der Waals surface area contributed by atoms with Gasteiger partial charge in [-0.15, -0.1) is 0 Å². The van der Waals surface area contributed by atoms with Crippen molar-refractivity contribution < 1.29 is 9.53 Å². The van der Waals surface area contributed by atoms with Crippen molar-refractivity contribution in [2.24, 2.45) is 5.92 Å². The molecule has 1 amide bonds. The number of carbonyl (C=O) groups is 1. The van der Waals surface area contributed by atoms with Crippen LogP contribution >= 0.6 is 11.6 Å². The van der Waals surface area contributed by atoms with Gasteiger partial charge >= 0.3 is 0 Å². The van der Waals surface area contributed by atoms with Gasteiger partial charge in [0.05, 0.1) is 12.1 Å². The second kappa shape index (κ2) is 8.49. The van der Waals surface area contributed by atoms with Gasteiger partial charge in [0.25, 0.3) is 5.91 Å². The zero-order valence-corrected chi connectivity index (χ0v) is 16.7. The van der Waals surface area contributed by atoms with Crippen LogP contribution in [0.25, 0.3) is 10.9 Å². The third-order valence-corrected chi connectivity index (χ3v) is 4.76. The van der Waals surface area contributed by atoms with E-state index in [-0.39, 0.29) is 5.91 Å². The van der Waals surface area contributed by atoms with Gasteiger partial charge in [0, 0.05) is 23.5 Å². The molecular formula is C22H25ClN2O2. The smallest absolute Gasteiger partial charge is 0.267 e. The third kappa shape index (κ3) is 4.28. The first-order chi connectivity index (χ1) is 13.0. The zero-order chi connectivity index (χ0) is 19.4. The summed E-state index contributed by atoms with van der Waals surface area (Å²) in [4.78, 5) is 12.9. The molecule has 27 heavy (non-hydrogen) atoms. The van der Waals surface area contributed by atoms with Crippen molar-refractivity contribution in [3.05, 3.63) is 64.8 Å². The number of aromatic nitrogens is 1. The van der Waals surface area contributed by atoms with E-state index in [1.165, 1.54) is 0 Å². The zero-order valence-electron chi connectivity index (χ0n) is 16.0. The minimum absolute atomic E-state index is 0.0885. The molecule has 1 aromatic heterocycles. The van der Waals surface area contributed by atoms with Crippen molar-refractivity contribution in [2.75, 3.05) is 13.2 Å². The molecule has 2 aromatic carbocycles. The van der Waals surface area contributed by atoms with Crippen LogP contribution in [0, 0.1) is 5.92 Å². The number of ether oxygens (including phenoxy) is 1. The van der Waals surface area contributed by atoms with Crippen LogP contribution in [0.5, 0.6) is 5.75 Å². The largest absolute Gasteiger partial charge is 0.493 e. The van der Waals surface area contributed by atoms with E-state index in [4.69, 9.17) is 16.3 Å². The molecule has 142 valence electrons. The summed E-state index contributed by atoms with van der Waals surface area (Å²) in [5, 5.41) is 4.64. The van der Waals surface area contributed by atoms with Gasteiger partial charge in [-0.25, -0.2) is 0 Å². The summed E-state index contributed by atoms with van der Waals surface area (Å²) >= 11 is 6.37. The number of benzene rings is 2. The predicted octanol–water partition coefficient (Wildman–Crippen LogP) is 5.13. The number of nitrogens with zero attached hydrogens (tertiary/aromatic N) is 1. The van der Waals surface area contributed by atoms with E-state index in [1.807, 2.05) is 60.0 Å². The molecule has 1 heterocycles. The average Bonchev–Trinajstić information content (AvgIpc) is 3.01. The number of fused-ring (bicyclic) bond motifs is 1. The molecule has 1 N–H and O–H groups in total. The topological polar surface area (TPSA) is 43.3 Å². The van der Waals surface area contributed by atoms with Crippen LogP contribution in [0.4, 0.5) is 0 Å². The molecule has 0 aliphatic rings. The molecule has 0 radical (unpaired) electrons. The summed E-state index contributed by atoms with van der Waals surface area (Å²) in [6.07, 6.45) is 0. The molecule has 0 spiro atoms. The van der Waals surface area contributed by atoms with Gasteiger partial charge in [0.2, 0.25) is 0 Å². The molecule has 5 heteroatoms. The Kier molecular flexibility index (Phi) is 6.07. The molecule has 0 atom stereocenters. The van der Waals surface area contributed by atoms with E-state index in [0.717, 1.165) is 22.2 Å². The minimum atomic E-state index is -0.0885. The quantitative estimate of drug-likeness (QED) is 0.613. The molecule has 4 nitrogen and oxygen atoms in total. The van der Waals surface area contributed by atoms with Gasteiger partial charge in [-0.2, -0.15) is 0 Å². The highest BCUT2D eigenvalue weighted by Gasteiger charge is 2.19. The van der Waals surface area contributed by atoms with Crippen molar-refractivity contribution in [1.29, 1.82) is 0 Å². The number of carbonyl (C=O) groups excluding carboxylic acids is 1. The van der Waals surface area contributed by atoms with Gasteiger partial charge in [0.15, 0.2) is 0 Å². The molecular weight excluding hydrogens is 360 g/mol. The van der Waals surface area contributed by atoms with Crippen LogP contribution in [-0.2, 0) is 6.54 Å². The first-order valence-electron chi connectivity index (χ1n) is 9.28. The summed E-state index contributed by atoms with van der Waals surface area (Å²) in [6.45, 7) is 7.83. The Morgan fingerprint density at radius 2 is 1.96 bits per heavy atom. The van der Waals surface area contributed by atoms with E-state index >= 15 is 0 Å². The minimum Gasteiger partial charge on any atom is -0.493 e. The van der Waals surface area contributed by atoms with Crippen LogP contribution in [0.15, 0.2) is 48.5 Å². The number of halogens is 1. The van der Waals surface area contributed by atoms with Crippen molar-refractivity contribution >= 4 is 28.4 Å². The van der Waals surface area contributed by atoms with Gasteiger partial charge in [-0.05, 0) is 42.7 Å². The normalized spacial score (nSPS) is 11.1. The van der Waals surface area contributed by atoms with Gasteiger partial charge < -0.3 is 14.6 Å². The molecule has 0 saturated heterocycles. The maximum atomic E-state index is 12.9. The van der Waals surface area contributed by atoms with Gasteiger partial charge in [-0.1, -0.05) is 49.7 Å². The van der Waals surface area contributed by atoms with E-state index < -0.39 is 0 Å². The van der Waals surface area contributed by atoms with Crippen molar-refractivity contribution in [2.45, 2.75) is 27.3 Å². The van der Waals surface area contributed by atoms with E-state index in [0.29, 0.717) is 36.3 Å². The van der Waals surface area contributed by atoms with Gasteiger partial charge in [0.1, 0.15) is 11.4 Å². The van der Waals surface area contributed by atoms with E-state index in [2.05, 4.69) is 19.2 Å². The monoisotopic (exact) mass is 384 g/mol. The number of hydrogen-bond acceptors (Lipinski definition) is 2. The third-order valence-electron chi connectivity index (χ3n) is 4.40. The lowest BCUT2D eigenvalue weighted by atomic mass is 10.2. The fourth-order valence-corrected chi connectivity index (χ4v) is 3.28. The van der Waals surface area contributed by atoms with Crippen LogP contribution < -0.4 is 10.1 Å². The molecule has 0 bridgehead atoms. The molecule has 3 rings (SSSR count). The second-order valence-electron chi connectivity index (χ2n) is 6.93. The summed E-state index contributed by atoms with van der Waals surface area (Å²) in [6, 6.07) is 15.5. The molecule has 3 aromatic rings. The SMILES string of the molecule is CCOc1cccc2c1cc(C(=O)NCC(C)C)n2Cc1ccccc1Cl. The van der Waals surface area contributed by atoms with Gasteiger partial charge in [-0.3, -0.25) is 4.79 Å². The van der Waals surface area contributed by atoms with Crippen LogP contribution in [0.1, 0.15) is 36.8 Å². The Morgan fingerprint density at radius 1 is 1.19 bits per heavy atom. The van der Waals surface area contributed by atoms with Crippen molar-refractivity contribution in [1.82, 2.24) is 9.88 Å². The summed E-state index contributed by atoms with van der Waals surface area (Å²) in [7, 11) is 0. The Morgan fingerprint density at radius 3 is 2.67 bits per heavy atom. The number of rotatable bonds is 7.